The van der Waals surface area contributed by atoms with Crippen molar-refractivity contribution in [1.29, 1.82) is 0 Å². The Morgan fingerprint density at radius 2 is 2.00 bits per heavy atom. The topological polar surface area (TPSA) is 21.3 Å². The Balaban J connectivity index is 3.10. The van der Waals surface area contributed by atoms with E-state index in [1.54, 1.807) is 19.2 Å². The molecule has 2 unspecified atom stereocenters. The van der Waals surface area contributed by atoms with E-state index in [1.807, 2.05) is 20.9 Å². The quantitative estimate of drug-likeness (QED) is 0.826. The summed E-state index contributed by atoms with van der Waals surface area (Å²) in [5, 5.41) is 3.12. The Hall–Kier alpha value is -1.09. The first-order chi connectivity index (χ1) is 7.11. The molecule has 0 saturated heterocycles. The summed E-state index contributed by atoms with van der Waals surface area (Å²) in [7, 11) is 3.43. The summed E-state index contributed by atoms with van der Waals surface area (Å²) < 4.78 is 18.9. The molecule has 1 aromatic rings. The van der Waals surface area contributed by atoms with Crippen LogP contribution in [0.5, 0.6) is 5.75 Å². The lowest BCUT2D eigenvalue weighted by atomic mass is 9.93. The molecule has 0 saturated carbocycles. The third-order valence-corrected chi connectivity index (χ3v) is 2.89. The number of rotatable bonds is 4. The molecule has 1 aromatic carbocycles. The van der Waals surface area contributed by atoms with Gasteiger partial charge in [0.1, 0.15) is 11.6 Å². The summed E-state index contributed by atoms with van der Waals surface area (Å²) in [6, 6.07) is 5.12. The predicted octanol–water partition coefficient (Wildman–Crippen LogP) is 2.55. The zero-order valence-electron chi connectivity index (χ0n) is 9.67. The largest absolute Gasteiger partial charge is 0.496 e. The van der Waals surface area contributed by atoms with Gasteiger partial charge in [0, 0.05) is 17.5 Å². The fourth-order valence-corrected chi connectivity index (χ4v) is 1.64. The number of likely N-dealkylation sites (N-methyl/N-ethyl adjacent to an activating group) is 1. The fourth-order valence-electron chi connectivity index (χ4n) is 1.64. The van der Waals surface area contributed by atoms with E-state index < -0.39 is 0 Å². The summed E-state index contributed by atoms with van der Waals surface area (Å²) in [6.45, 7) is 4.01. The van der Waals surface area contributed by atoms with E-state index in [4.69, 9.17) is 4.74 Å². The van der Waals surface area contributed by atoms with Crippen LogP contribution in [0.2, 0.25) is 0 Å². The molecule has 0 aliphatic heterocycles. The average molecular weight is 211 g/mol. The van der Waals surface area contributed by atoms with Gasteiger partial charge in [-0.15, -0.1) is 0 Å². The summed E-state index contributed by atoms with van der Waals surface area (Å²) in [4.78, 5) is 0. The first-order valence-electron chi connectivity index (χ1n) is 5.11. The molecule has 0 bridgehead atoms. The van der Waals surface area contributed by atoms with Crippen LogP contribution in [0, 0.1) is 5.82 Å². The molecule has 84 valence electrons. The van der Waals surface area contributed by atoms with Crippen molar-refractivity contribution in [2.45, 2.75) is 25.8 Å². The molecular weight excluding hydrogens is 193 g/mol. The summed E-state index contributed by atoms with van der Waals surface area (Å²) in [5.41, 5.74) is 0.641. The molecule has 0 aliphatic rings. The number of halogens is 1. The smallest absolute Gasteiger partial charge is 0.130 e. The van der Waals surface area contributed by atoms with Crippen molar-refractivity contribution in [3.63, 3.8) is 0 Å². The second-order valence-electron chi connectivity index (χ2n) is 3.72. The molecule has 1 rings (SSSR count). The van der Waals surface area contributed by atoms with E-state index in [2.05, 4.69) is 5.32 Å². The standard InChI is InChI=1S/C12H18FNO/c1-8(9(2)14-3)12-10(13)6-5-7-11(12)15-4/h5-9,14H,1-4H3. The van der Waals surface area contributed by atoms with Crippen molar-refractivity contribution in [3.05, 3.63) is 29.6 Å². The monoisotopic (exact) mass is 211 g/mol. The van der Waals surface area contributed by atoms with E-state index in [0.717, 1.165) is 0 Å². The molecule has 0 amide bonds. The van der Waals surface area contributed by atoms with Gasteiger partial charge in [0.05, 0.1) is 7.11 Å². The highest BCUT2D eigenvalue weighted by molar-refractivity contribution is 5.37. The third-order valence-electron chi connectivity index (χ3n) is 2.89. The van der Waals surface area contributed by atoms with Gasteiger partial charge in [-0.25, -0.2) is 4.39 Å². The minimum atomic E-state index is -0.205. The number of nitrogens with one attached hydrogen (secondary N) is 1. The van der Waals surface area contributed by atoms with Crippen LogP contribution in [0.3, 0.4) is 0 Å². The molecule has 0 radical (unpaired) electrons. The van der Waals surface area contributed by atoms with E-state index >= 15 is 0 Å². The highest BCUT2D eigenvalue weighted by Crippen LogP contribution is 2.30. The van der Waals surface area contributed by atoms with Gasteiger partial charge in [-0.05, 0) is 26.1 Å². The summed E-state index contributed by atoms with van der Waals surface area (Å²) in [6.07, 6.45) is 0. The molecular formula is C12H18FNO. The van der Waals surface area contributed by atoms with E-state index in [0.29, 0.717) is 11.3 Å². The van der Waals surface area contributed by atoms with Crippen molar-refractivity contribution in [1.82, 2.24) is 5.32 Å². The van der Waals surface area contributed by atoms with Gasteiger partial charge in [0.15, 0.2) is 0 Å². The Morgan fingerprint density at radius 1 is 1.33 bits per heavy atom. The minimum Gasteiger partial charge on any atom is -0.496 e. The van der Waals surface area contributed by atoms with Gasteiger partial charge in [-0.3, -0.25) is 0 Å². The van der Waals surface area contributed by atoms with Crippen LogP contribution in [0.25, 0.3) is 0 Å². The zero-order chi connectivity index (χ0) is 11.4. The summed E-state index contributed by atoms with van der Waals surface area (Å²) in [5.74, 6) is 0.486. The maximum Gasteiger partial charge on any atom is 0.130 e. The average Bonchev–Trinajstić information content (AvgIpc) is 2.26. The van der Waals surface area contributed by atoms with Crippen molar-refractivity contribution >= 4 is 0 Å². The van der Waals surface area contributed by atoms with Crippen LogP contribution in [0.4, 0.5) is 4.39 Å². The molecule has 0 heterocycles. The van der Waals surface area contributed by atoms with Gasteiger partial charge < -0.3 is 10.1 Å². The van der Waals surface area contributed by atoms with Gasteiger partial charge in [-0.2, -0.15) is 0 Å². The van der Waals surface area contributed by atoms with Gasteiger partial charge in [0.2, 0.25) is 0 Å². The van der Waals surface area contributed by atoms with E-state index in [-0.39, 0.29) is 17.8 Å². The molecule has 1 N–H and O–H groups in total. The molecule has 0 aliphatic carbocycles. The first-order valence-corrected chi connectivity index (χ1v) is 5.11. The molecule has 2 nitrogen and oxygen atoms in total. The van der Waals surface area contributed by atoms with Crippen LogP contribution < -0.4 is 10.1 Å². The van der Waals surface area contributed by atoms with Crippen molar-refractivity contribution in [3.8, 4) is 5.75 Å². The second kappa shape index (κ2) is 5.12. The van der Waals surface area contributed by atoms with Gasteiger partial charge >= 0.3 is 0 Å². The maximum absolute atomic E-state index is 13.7. The number of hydrogen-bond donors (Lipinski definition) is 1. The Kier molecular flexibility index (Phi) is 4.09. The predicted molar refractivity (Wildman–Crippen MR) is 59.9 cm³/mol. The third kappa shape index (κ3) is 2.48. The van der Waals surface area contributed by atoms with Crippen LogP contribution in [-0.4, -0.2) is 20.2 Å². The minimum absolute atomic E-state index is 0.0751. The lowest BCUT2D eigenvalue weighted by Crippen LogP contribution is -2.28. The lowest BCUT2D eigenvalue weighted by molar-refractivity contribution is 0.391. The van der Waals surface area contributed by atoms with Crippen LogP contribution in [0.1, 0.15) is 25.3 Å². The lowest BCUT2D eigenvalue weighted by Gasteiger charge is -2.22. The highest BCUT2D eigenvalue weighted by atomic mass is 19.1. The molecule has 15 heavy (non-hydrogen) atoms. The second-order valence-corrected chi connectivity index (χ2v) is 3.72. The SMILES string of the molecule is CNC(C)C(C)c1c(F)cccc1OC. The van der Waals surface area contributed by atoms with Crippen LogP contribution >= 0.6 is 0 Å². The molecule has 0 spiro atoms. The van der Waals surface area contributed by atoms with Crippen LogP contribution in [0.15, 0.2) is 18.2 Å². The first kappa shape index (κ1) is 12.0. The number of ether oxygens (including phenoxy) is 1. The normalized spacial score (nSPS) is 14.7. The summed E-state index contributed by atoms with van der Waals surface area (Å²) >= 11 is 0. The highest BCUT2D eigenvalue weighted by Gasteiger charge is 2.20. The van der Waals surface area contributed by atoms with E-state index in [1.165, 1.54) is 6.07 Å². The van der Waals surface area contributed by atoms with Crippen molar-refractivity contribution in [2.75, 3.05) is 14.2 Å². The number of benzene rings is 1. The van der Waals surface area contributed by atoms with Crippen molar-refractivity contribution < 1.29 is 9.13 Å². The molecule has 2 atom stereocenters. The Labute approximate surface area is 90.4 Å². The maximum atomic E-state index is 13.7. The zero-order valence-corrected chi connectivity index (χ0v) is 9.67. The Bertz CT molecular complexity index is 327. The van der Waals surface area contributed by atoms with E-state index in [9.17, 15) is 4.39 Å². The number of hydrogen-bond acceptors (Lipinski definition) is 2. The van der Waals surface area contributed by atoms with Crippen molar-refractivity contribution in [2.24, 2.45) is 0 Å². The molecule has 3 heteroatoms. The van der Waals surface area contributed by atoms with Gasteiger partial charge in [0.25, 0.3) is 0 Å². The van der Waals surface area contributed by atoms with Gasteiger partial charge in [-0.1, -0.05) is 13.0 Å². The van der Waals surface area contributed by atoms with Crippen LogP contribution in [-0.2, 0) is 0 Å². The molecule has 0 aromatic heterocycles. The number of methoxy groups -OCH3 is 1. The molecule has 0 fully saturated rings. The fraction of sp³-hybridized carbons (Fsp3) is 0.500. The Morgan fingerprint density at radius 3 is 2.53 bits per heavy atom.